The van der Waals surface area contributed by atoms with Crippen LogP contribution in [0.1, 0.15) is 40.0 Å². The second-order valence-corrected chi connectivity index (χ2v) is 6.74. The zero-order valence-electron chi connectivity index (χ0n) is 16.1. The Balaban J connectivity index is 5.20. The third kappa shape index (κ3) is 8.67. The maximum absolute atomic E-state index is 12.3. The summed E-state index contributed by atoms with van der Waals surface area (Å²) < 4.78 is 5.04. The van der Waals surface area contributed by atoms with E-state index in [-0.39, 0.29) is 24.9 Å². The van der Waals surface area contributed by atoms with Gasteiger partial charge in [-0.3, -0.25) is 9.59 Å². The zero-order valence-corrected chi connectivity index (χ0v) is 16.1. The molecule has 0 aliphatic heterocycles. The van der Waals surface area contributed by atoms with Gasteiger partial charge in [-0.1, -0.05) is 19.9 Å². The van der Waals surface area contributed by atoms with Gasteiger partial charge < -0.3 is 20.7 Å². The van der Waals surface area contributed by atoms with Crippen LogP contribution in [0.3, 0.4) is 0 Å². The first-order valence-electron chi connectivity index (χ1n) is 8.68. The van der Waals surface area contributed by atoms with E-state index in [4.69, 9.17) is 10.5 Å². The van der Waals surface area contributed by atoms with Crippen molar-refractivity contribution < 1.29 is 19.1 Å². The van der Waals surface area contributed by atoms with E-state index >= 15 is 0 Å². The molecule has 0 fully saturated rings. The molecule has 0 radical (unpaired) electrons. The van der Waals surface area contributed by atoms with Crippen LogP contribution >= 0.6 is 0 Å². The molecule has 0 aromatic carbocycles. The van der Waals surface area contributed by atoms with E-state index in [0.717, 1.165) is 0 Å². The molecule has 7 nitrogen and oxygen atoms in total. The molecule has 0 aromatic rings. The lowest BCUT2D eigenvalue weighted by Crippen LogP contribution is -2.50. The number of carbonyl (C=O) groups is 3. The molecule has 0 saturated carbocycles. The fourth-order valence-electron chi connectivity index (χ4n) is 2.50. The highest BCUT2D eigenvalue weighted by atomic mass is 16.5. The minimum absolute atomic E-state index is 0.130. The number of hydrogen-bond donors (Lipinski definition) is 2. The van der Waals surface area contributed by atoms with Crippen LogP contribution in [0.25, 0.3) is 0 Å². The van der Waals surface area contributed by atoms with Crippen molar-refractivity contribution in [2.24, 2.45) is 17.6 Å². The molecular formula is C18H33N3O4. The highest BCUT2D eigenvalue weighted by Gasteiger charge is 2.31. The second kappa shape index (κ2) is 11.6. The number of nitrogens with zero attached hydrogens (tertiary/aromatic N) is 1. The predicted molar refractivity (Wildman–Crippen MR) is 97.6 cm³/mol. The number of allylic oxidation sites excluding steroid dienone is 1. The summed E-state index contributed by atoms with van der Waals surface area (Å²) in [5.74, 6) is -1.32. The van der Waals surface area contributed by atoms with Gasteiger partial charge in [-0.25, -0.2) is 4.79 Å². The number of hydrogen-bond acceptors (Lipinski definition) is 5. The monoisotopic (exact) mass is 355 g/mol. The molecule has 3 atom stereocenters. The first-order chi connectivity index (χ1) is 11.6. The molecule has 25 heavy (non-hydrogen) atoms. The number of amides is 2. The molecule has 0 aliphatic carbocycles. The molecule has 0 rings (SSSR count). The van der Waals surface area contributed by atoms with Crippen LogP contribution in [0.15, 0.2) is 12.7 Å². The van der Waals surface area contributed by atoms with E-state index < -0.39 is 29.9 Å². The number of rotatable bonds is 11. The Labute approximate surface area is 151 Å². The fourth-order valence-corrected chi connectivity index (χ4v) is 2.50. The second-order valence-electron chi connectivity index (χ2n) is 6.74. The summed E-state index contributed by atoms with van der Waals surface area (Å²) in [7, 11) is 3.30. The molecule has 2 amide bonds. The largest absolute Gasteiger partial charge is 0.464 e. The average Bonchev–Trinajstić information content (AvgIpc) is 2.52. The number of nitrogens with two attached hydrogens (primary N) is 1. The molecule has 0 spiro atoms. The lowest BCUT2D eigenvalue weighted by molar-refractivity contribution is -0.148. The summed E-state index contributed by atoms with van der Waals surface area (Å²) >= 11 is 0. The number of esters is 1. The van der Waals surface area contributed by atoms with E-state index in [1.165, 1.54) is 4.90 Å². The molecule has 0 saturated heterocycles. The summed E-state index contributed by atoms with van der Waals surface area (Å²) in [6.07, 6.45) is 2.68. The van der Waals surface area contributed by atoms with Gasteiger partial charge >= 0.3 is 5.97 Å². The predicted octanol–water partition coefficient (Wildman–Crippen LogP) is 1.08. The van der Waals surface area contributed by atoms with Crippen molar-refractivity contribution >= 4 is 17.8 Å². The lowest BCUT2D eigenvalue weighted by Gasteiger charge is -2.25. The van der Waals surface area contributed by atoms with Gasteiger partial charge in [-0.15, -0.1) is 6.58 Å². The van der Waals surface area contributed by atoms with Crippen molar-refractivity contribution in [2.75, 3.05) is 20.7 Å². The average molecular weight is 355 g/mol. The maximum atomic E-state index is 12.3. The molecule has 1 unspecified atom stereocenters. The normalized spacial score (nSPS) is 14.4. The van der Waals surface area contributed by atoms with Gasteiger partial charge in [-0.05, 0) is 32.1 Å². The number of nitrogens with one attached hydrogen (secondary N) is 1. The van der Waals surface area contributed by atoms with E-state index in [2.05, 4.69) is 11.9 Å². The van der Waals surface area contributed by atoms with Gasteiger partial charge in [0.2, 0.25) is 11.8 Å². The third-order valence-electron chi connectivity index (χ3n) is 3.71. The molecule has 3 N–H and O–H groups in total. The summed E-state index contributed by atoms with van der Waals surface area (Å²) in [5, 5.41) is 2.65. The van der Waals surface area contributed by atoms with E-state index in [1.807, 2.05) is 13.8 Å². The van der Waals surface area contributed by atoms with Gasteiger partial charge in [0.05, 0.1) is 12.6 Å². The minimum atomic E-state index is -0.917. The maximum Gasteiger partial charge on any atom is 0.328 e. The van der Waals surface area contributed by atoms with Crippen LogP contribution in [0.4, 0.5) is 0 Å². The van der Waals surface area contributed by atoms with Crippen molar-refractivity contribution in [1.29, 1.82) is 0 Å². The fraction of sp³-hybridized carbons (Fsp3) is 0.722. The van der Waals surface area contributed by atoms with E-state index in [1.54, 1.807) is 27.1 Å². The van der Waals surface area contributed by atoms with Crippen molar-refractivity contribution in [3.63, 3.8) is 0 Å². The van der Waals surface area contributed by atoms with Crippen LogP contribution in [0, 0.1) is 11.8 Å². The van der Waals surface area contributed by atoms with Crippen molar-refractivity contribution in [2.45, 2.75) is 52.1 Å². The van der Waals surface area contributed by atoms with Gasteiger partial charge in [0.25, 0.3) is 0 Å². The first kappa shape index (κ1) is 23.1. The van der Waals surface area contributed by atoms with Crippen LogP contribution in [-0.4, -0.2) is 55.5 Å². The Morgan fingerprint density at radius 3 is 2.28 bits per heavy atom. The van der Waals surface area contributed by atoms with Gasteiger partial charge in [0, 0.05) is 20.0 Å². The Morgan fingerprint density at radius 1 is 1.24 bits per heavy atom. The van der Waals surface area contributed by atoms with Crippen LogP contribution in [0.2, 0.25) is 0 Å². The summed E-state index contributed by atoms with van der Waals surface area (Å²) in [4.78, 5) is 38.3. The Bertz CT molecular complexity index is 463. The smallest absolute Gasteiger partial charge is 0.328 e. The van der Waals surface area contributed by atoms with Crippen LogP contribution in [-0.2, 0) is 19.1 Å². The Morgan fingerprint density at radius 2 is 1.84 bits per heavy atom. The van der Waals surface area contributed by atoms with E-state index in [9.17, 15) is 14.4 Å². The quantitative estimate of drug-likeness (QED) is 0.426. The third-order valence-corrected chi connectivity index (χ3v) is 3.71. The first-order valence-corrected chi connectivity index (χ1v) is 8.68. The van der Waals surface area contributed by atoms with Crippen molar-refractivity contribution in [1.82, 2.24) is 10.2 Å². The SMILES string of the molecule is C=CCC(C[C@H](NC(=O)[C@@H](N)CC(C)C)C(=O)OCC)C(=O)N(C)C. The zero-order chi connectivity index (χ0) is 19.6. The molecule has 0 aromatic heterocycles. The highest BCUT2D eigenvalue weighted by Crippen LogP contribution is 2.16. The molecule has 0 aliphatic rings. The molecule has 0 heterocycles. The summed E-state index contributed by atoms with van der Waals surface area (Å²) in [6, 6.07) is -1.63. The van der Waals surface area contributed by atoms with Gasteiger partial charge in [0.1, 0.15) is 6.04 Å². The molecule has 7 heteroatoms. The van der Waals surface area contributed by atoms with Gasteiger partial charge in [-0.2, -0.15) is 0 Å². The van der Waals surface area contributed by atoms with Crippen LogP contribution in [0.5, 0.6) is 0 Å². The number of carbonyl (C=O) groups excluding carboxylic acids is 3. The van der Waals surface area contributed by atoms with Crippen molar-refractivity contribution in [3.8, 4) is 0 Å². The standard InChI is InChI=1S/C18H33N3O4/c1-7-9-13(17(23)21(5)6)11-15(18(24)25-8-2)20-16(22)14(19)10-12(3)4/h7,12-15H,1,8-11,19H2,2-6H3,(H,20,22)/t13?,14-,15-/m0/s1. The highest BCUT2D eigenvalue weighted by molar-refractivity contribution is 5.88. The van der Waals surface area contributed by atoms with Crippen LogP contribution < -0.4 is 11.1 Å². The Hall–Kier alpha value is -1.89. The molecule has 144 valence electrons. The topological polar surface area (TPSA) is 102 Å². The molecular weight excluding hydrogens is 322 g/mol. The molecule has 0 bridgehead atoms. The van der Waals surface area contributed by atoms with E-state index in [0.29, 0.717) is 12.8 Å². The Kier molecular flexibility index (Phi) is 10.7. The lowest BCUT2D eigenvalue weighted by atomic mass is 9.94. The summed E-state index contributed by atoms with van der Waals surface area (Å²) in [5.41, 5.74) is 5.88. The number of ether oxygens (including phenoxy) is 1. The van der Waals surface area contributed by atoms with Crippen molar-refractivity contribution in [3.05, 3.63) is 12.7 Å². The van der Waals surface area contributed by atoms with Gasteiger partial charge in [0.15, 0.2) is 0 Å². The summed E-state index contributed by atoms with van der Waals surface area (Å²) in [6.45, 7) is 9.47. The minimum Gasteiger partial charge on any atom is -0.464 e.